The molecule has 0 aliphatic heterocycles. The van der Waals surface area contributed by atoms with Crippen molar-refractivity contribution in [1.29, 1.82) is 0 Å². The average molecular weight is 139 g/mol. The normalized spacial score (nSPS) is 43.8. The van der Waals surface area contributed by atoms with Gasteiger partial charge >= 0.3 is 0 Å². The summed E-state index contributed by atoms with van der Waals surface area (Å²) in [4.78, 5) is 0. The molecule has 2 aliphatic rings. The van der Waals surface area contributed by atoms with Crippen LogP contribution in [0.1, 0.15) is 39.0 Å². The molecule has 0 saturated heterocycles. The van der Waals surface area contributed by atoms with Crippen molar-refractivity contribution in [3.8, 4) is 0 Å². The van der Waals surface area contributed by atoms with E-state index in [9.17, 15) is 0 Å². The summed E-state index contributed by atoms with van der Waals surface area (Å²) >= 11 is 0. The van der Waals surface area contributed by atoms with E-state index in [0.717, 1.165) is 11.3 Å². The van der Waals surface area contributed by atoms with Crippen LogP contribution in [0.2, 0.25) is 0 Å². The summed E-state index contributed by atoms with van der Waals surface area (Å²) in [5.41, 5.74) is 6.69. The van der Waals surface area contributed by atoms with Crippen molar-refractivity contribution in [2.24, 2.45) is 17.1 Å². The highest BCUT2D eigenvalue weighted by Gasteiger charge is 2.46. The lowest BCUT2D eigenvalue weighted by atomic mass is 9.77. The molecule has 2 aliphatic carbocycles. The Morgan fingerprint density at radius 2 is 2.00 bits per heavy atom. The Morgan fingerprint density at radius 1 is 1.30 bits per heavy atom. The van der Waals surface area contributed by atoms with Crippen LogP contribution < -0.4 is 5.73 Å². The first-order chi connectivity index (χ1) is 4.70. The predicted molar refractivity (Wildman–Crippen MR) is 42.7 cm³/mol. The van der Waals surface area contributed by atoms with E-state index in [1.54, 1.807) is 0 Å². The van der Waals surface area contributed by atoms with E-state index < -0.39 is 0 Å². The Morgan fingerprint density at radius 3 is 2.50 bits per heavy atom. The third-order valence-corrected chi connectivity index (χ3v) is 3.14. The summed E-state index contributed by atoms with van der Waals surface area (Å²) < 4.78 is 0. The summed E-state index contributed by atoms with van der Waals surface area (Å²) in [5, 5.41) is 0. The molecule has 10 heavy (non-hydrogen) atoms. The summed E-state index contributed by atoms with van der Waals surface area (Å²) in [6.07, 6.45) is 6.97. The summed E-state index contributed by atoms with van der Waals surface area (Å²) in [6, 6.07) is 0.520. The van der Waals surface area contributed by atoms with Gasteiger partial charge in [-0.3, -0.25) is 0 Å². The first-order valence-corrected chi connectivity index (χ1v) is 4.46. The minimum absolute atomic E-state index is 0.520. The molecule has 0 aromatic heterocycles. The van der Waals surface area contributed by atoms with E-state index in [0.29, 0.717) is 6.04 Å². The van der Waals surface area contributed by atoms with Crippen molar-refractivity contribution in [2.75, 3.05) is 0 Å². The average Bonchev–Trinajstić information content (AvgIpc) is 2.44. The molecular weight excluding hydrogens is 122 g/mol. The molecule has 0 heterocycles. The Kier molecular flexibility index (Phi) is 1.31. The van der Waals surface area contributed by atoms with Gasteiger partial charge in [-0.15, -0.1) is 0 Å². The largest absolute Gasteiger partial charge is 0.328 e. The van der Waals surface area contributed by atoms with Crippen LogP contribution in [-0.4, -0.2) is 6.04 Å². The molecule has 0 amide bonds. The van der Waals surface area contributed by atoms with E-state index in [1.807, 2.05) is 0 Å². The zero-order valence-corrected chi connectivity index (χ0v) is 6.77. The minimum Gasteiger partial charge on any atom is -0.328 e. The molecule has 2 atom stereocenters. The van der Waals surface area contributed by atoms with Gasteiger partial charge in [-0.1, -0.05) is 6.92 Å². The van der Waals surface area contributed by atoms with Crippen LogP contribution in [0.15, 0.2) is 0 Å². The second-order valence-electron chi connectivity index (χ2n) is 4.51. The summed E-state index contributed by atoms with van der Waals surface area (Å²) in [5.74, 6) is 0.895. The van der Waals surface area contributed by atoms with Crippen LogP contribution in [-0.2, 0) is 0 Å². The Labute approximate surface area is 63.0 Å². The van der Waals surface area contributed by atoms with E-state index >= 15 is 0 Å². The second kappa shape index (κ2) is 1.97. The van der Waals surface area contributed by atoms with Gasteiger partial charge in [0.25, 0.3) is 0 Å². The molecule has 0 aromatic rings. The van der Waals surface area contributed by atoms with Gasteiger partial charge in [-0.2, -0.15) is 0 Å². The summed E-state index contributed by atoms with van der Waals surface area (Å²) in [7, 11) is 0. The van der Waals surface area contributed by atoms with Crippen LogP contribution >= 0.6 is 0 Å². The van der Waals surface area contributed by atoms with Crippen LogP contribution in [0.3, 0.4) is 0 Å². The first-order valence-electron chi connectivity index (χ1n) is 4.46. The molecule has 0 radical (unpaired) electrons. The van der Waals surface area contributed by atoms with Crippen LogP contribution in [0.25, 0.3) is 0 Å². The third-order valence-electron chi connectivity index (χ3n) is 3.14. The molecule has 1 heteroatoms. The second-order valence-corrected chi connectivity index (χ2v) is 4.51. The quantitative estimate of drug-likeness (QED) is 0.545. The molecular formula is C9H17N. The third kappa shape index (κ3) is 1.07. The minimum atomic E-state index is 0.520. The van der Waals surface area contributed by atoms with Crippen molar-refractivity contribution < 1.29 is 0 Å². The molecule has 1 spiro atoms. The van der Waals surface area contributed by atoms with Gasteiger partial charge in [0.1, 0.15) is 0 Å². The molecule has 2 rings (SSSR count). The molecule has 58 valence electrons. The van der Waals surface area contributed by atoms with E-state index in [-0.39, 0.29) is 0 Å². The van der Waals surface area contributed by atoms with Gasteiger partial charge in [0.2, 0.25) is 0 Å². The van der Waals surface area contributed by atoms with Crippen molar-refractivity contribution in [1.82, 2.24) is 0 Å². The number of rotatable bonds is 0. The van der Waals surface area contributed by atoms with Gasteiger partial charge in [0.15, 0.2) is 0 Å². The van der Waals surface area contributed by atoms with Crippen LogP contribution in [0, 0.1) is 11.3 Å². The molecule has 2 saturated carbocycles. The Bertz CT molecular complexity index is 126. The maximum absolute atomic E-state index is 5.94. The smallest absolute Gasteiger partial charge is 0.00466 e. The molecule has 2 fully saturated rings. The van der Waals surface area contributed by atoms with Gasteiger partial charge < -0.3 is 5.73 Å². The van der Waals surface area contributed by atoms with Crippen molar-refractivity contribution in [3.05, 3.63) is 0 Å². The van der Waals surface area contributed by atoms with Gasteiger partial charge in [0.05, 0.1) is 0 Å². The number of hydrogen-bond acceptors (Lipinski definition) is 1. The Hall–Kier alpha value is -0.0400. The first kappa shape index (κ1) is 6.66. The summed E-state index contributed by atoms with van der Waals surface area (Å²) in [6.45, 7) is 2.35. The lowest BCUT2D eigenvalue weighted by Crippen LogP contribution is -2.32. The van der Waals surface area contributed by atoms with Gasteiger partial charge in [-0.25, -0.2) is 0 Å². The molecule has 0 bridgehead atoms. The van der Waals surface area contributed by atoms with E-state index in [1.165, 1.54) is 32.1 Å². The van der Waals surface area contributed by atoms with Crippen molar-refractivity contribution >= 4 is 0 Å². The lowest BCUT2D eigenvalue weighted by Gasteiger charge is -2.31. The molecule has 2 unspecified atom stereocenters. The lowest BCUT2D eigenvalue weighted by molar-refractivity contribution is 0.235. The molecule has 1 nitrogen and oxygen atoms in total. The molecule has 2 N–H and O–H groups in total. The highest BCUT2D eigenvalue weighted by molar-refractivity contribution is 4.99. The van der Waals surface area contributed by atoms with E-state index in [4.69, 9.17) is 5.73 Å². The maximum atomic E-state index is 5.94. The van der Waals surface area contributed by atoms with Crippen molar-refractivity contribution in [3.63, 3.8) is 0 Å². The van der Waals surface area contributed by atoms with Gasteiger partial charge in [0, 0.05) is 6.04 Å². The van der Waals surface area contributed by atoms with Crippen LogP contribution in [0.5, 0.6) is 0 Å². The zero-order valence-electron chi connectivity index (χ0n) is 6.77. The standard InChI is InChI=1S/C9H17N/c1-7-4-8(10)6-9(5-7)2-3-9/h7-8H,2-6,10H2,1H3. The monoisotopic (exact) mass is 139 g/mol. The van der Waals surface area contributed by atoms with E-state index in [2.05, 4.69) is 6.92 Å². The Balaban J connectivity index is 2.00. The number of nitrogens with two attached hydrogens (primary N) is 1. The number of hydrogen-bond donors (Lipinski definition) is 1. The van der Waals surface area contributed by atoms with Crippen molar-refractivity contribution in [2.45, 2.75) is 45.1 Å². The van der Waals surface area contributed by atoms with Crippen LogP contribution in [0.4, 0.5) is 0 Å². The maximum Gasteiger partial charge on any atom is 0.00466 e. The fourth-order valence-electron chi connectivity index (χ4n) is 2.65. The SMILES string of the molecule is CC1CC(N)CC2(CC2)C1. The zero-order chi connectivity index (χ0) is 7.19. The fourth-order valence-corrected chi connectivity index (χ4v) is 2.65. The molecule has 0 aromatic carbocycles. The topological polar surface area (TPSA) is 26.0 Å². The fraction of sp³-hybridized carbons (Fsp3) is 1.00. The highest BCUT2D eigenvalue weighted by atomic mass is 14.7. The highest BCUT2D eigenvalue weighted by Crippen LogP contribution is 2.57. The van der Waals surface area contributed by atoms with Gasteiger partial charge in [-0.05, 0) is 43.4 Å². The predicted octanol–water partition coefficient (Wildman–Crippen LogP) is 1.91.